The summed E-state index contributed by atoms with van der Waals surface area (Å²) in [6.07, 6.45) is 1.95. The Kier molecular flexibility index (Phi) is 5.46. The molecular weight excluding hydrogens is 366 g/mol. The Bertz CT molecular complexity index is 951. The molecule has 0 aliphatic heterocycles. The van der Waals surface area contributed by atoms with E-state index in [9.17, 15) is 18.0 Å². The molecule has 0 unspecified atom stereocenters. The Hall–Kier alpha value is -2.87. The average Bonchev–Trinajstić information content (AvgIpc) is 3.44. The van der Waals surface area contributed by atoms with Crippen LogP contribution in [0.15, 0.2) is 53.4 Å². The zero-order valence-electron chi connectivity index (χ0n) is 14.9. The fourth-order valence-corrected chi connectivity index (χ4v) is 3.47. The SMILES string of the molecule is Cc1ccc(S(=O)(=O)Nc2cccc(C(=O)NCC(=O)NC3CC3)c2)cc1. The number of sulfonamides is 1. The third-order valence-corrected chi connectivity index (χ3v) is 5.46. The third-order valence-electron chi connectivity index (χ3n) is 4.06. The first kappa shape index (κ1) is 18.9. The van der Waals surface area contributed by atoms with Crippen LogP contribution in [0.4, 0.5) is 5.69 Å². The summed E-state index contributed by atoms with van der Waals surface area (Å²) in [5.41, 5.74) is 1.49. The van der Waals surface area contributed by atoms with Gasteiger partial charge in [-0.15, -0.1) is 0 Å². The quantitative estimate of drug-likeness (QED) is 0.674. The van der Waals surface area contributed by atoms with Gasteiger partial charge in [0.15, 0.2) is 0 Å². The van der Waals surface area contributed by atoms with Gasteiger partial charge in [-0.25, -0.2) is 8.42 Å². The molecular formula is C19H21N3O4S. The highest BCUT2D eigenvalue weighted by molar-refractivity contribution is 7.92. The summed E-state index contributed by atoms with van der Waals surface area (Å²) in [5, 5.41) is 5.31. The number of carbonyl (C=O) groups is 2. The van der Waals surface area contributed by atoms with Gasteiger partial charge in [-0.05, 0) is 50.1 Å². The maximum atomic E-state index is 12.5. The number of benzene rings is 2. The van der Waals surface area contributed by atoms with Gasteiger partial charge in [0.05, 0.1) is 11.4 Å². The molecule has 0 saturated heterocycles. The number of anilines is 1. The predicted molar refractivity (Wildman–Crippen MR) is 102 cm³/mol. The lowest BCUT2D eigenvalue weighted by molar-refractivity contribution is -0.120. The lowest BCUT2D eigenvalue weighted by Crippen LogP contribution is -2.37. The minimum atomic E-state index is -3.75. The summed E-state index contributed by atoms with van der Waals surface area (Å²) < 4.78 is 27.4. The highest BCUT2D eigenvalue weighted by Gasteiger charge is 2.23. The van der Waals surface area contributed by atoms with E-state index in [1.54, 1.807) is 30.3 Å². The molecule has 0 heterocycles. The van der Waals surface area contributed by atoms with Crippen molar-refractivity contribution in [2.75, 3.05) is 11.3 Å². The Labute approximate surface area is 158 Å². The molecule has 0 spiro atoms. The summed E-state index contributed by atoms with van der Waals surface area (Å²) in [7, 11) is -3.75. The number of nitrogens with one attached hydrogen (secondary N) is 3. The van der Waals surface area contributed by atoms with Crippen molar-refractivity contribution in [2.24, 2.45) is 0 Å². The smallest absolute Gasteiger partial charge is 0.261 e. The molecule has 3 rings (SSSR count). The normalized spacial score (nSPS) is 13.7. The van der Waals surface area contributed by atoms with E-state index in [-0.39, 0.29) is 34.6 Å². The fraction of sp³-hybridized carbons (Fsp3) is 0.263. The molecule has 1 aliphatic carbocycles. The highest BCUT2D eigenvalue weighted by Crippen LogP contribution is 2.19. The summed E-state index contributed by atoms with van der Waals surface area (Å²) in [5.74, 6) is -0.681. The van der Waals surface area contributed by atoms with Crippen molar-refractivity contribution >= 4 is 27.5 Å². The molecule has 142 valence electrons. The number of hydrogen-bond acceptors (Lipinski definition) is 4. The molecule has 0 aromatic heterocycles. The minimum Gasteiger partial charge on any atom is -0.352 e. The molecule has 0 bridgehead atoms. The molecule has 2 aromatic carbocycles. The van der Waals surface area contributed by atoms with E-state index in [0.717, 1.165) is 18.4 Å². The van der Waals surface area contributed by atoms with Gasteiger partial charge in [-0.2, -0.15) is 0 Å². The van der Waals surface area contributed by atoms with Crippen LogP contribution in [0.2, 0.25) is 0 Å². The predicted octanol–water partition coefficient (Wildman–Crippen LogP) is 1.80. The van der Waals surface area contributed by atoms with Crippen molar-refractivity contribution in [3.05, 3.63) is 59.7 Å². The van der Waals surface area contributed by atoms with Gasteiger partial charge < -0.3 is 10.6 Å². The molecule has 0 radical (unpaired) electrons. The van der Waals surface area contributed by atoms with Gasteiger partial charge in [-0.3, -0.25) is 14.3 Å². The van der Waals surface area contributed by atoms with Crippen LogP contribution in [0.3, 0.4) is 0 Å². The van der Waals surface area contributed by atoms with Crippen LogP contribution in [-0.2, 0) is 14.8 Å². The molecule has 2 amide bonds. The van der Waals surface area contributed by atoms with Gasteiger partial charge in [0.2, 0.25) is 5.91 Å². The summed E-state index contributed by atoms with van der Waals surface area (Å²) >= 11 is 0. The van der Waals surface area contributed by atoms with E-state index in [4.69, 9.17) is 0 Å². The van der Waals surface area contributed by atoms with E-state index >= 15 is 0 Å². The van der Waals surface area contributed by atoms with Crippen LogP contribution < -0.4 is 15.4 Å². The van der Waals surface area contributed by atoms with Crippen molar-refractivity contribution in [3.8, 4) is 0 Å². The summed E-state index contributed by atoms with van der Waals surface area (Å²) in [6.45, 7) is 1.76. The molecule has 8 heteroatoms. The van der Waals surface area contributed by atoms with E-state index < -0.39 is 15.9 Å². The van der Waals surface area contributed by atoms with Gasteiger partial charge in [0.25, 0.3) is 15.9 Å². The van der Waals surface area contributed by atoms with Crippen molar-refractivity contribution < 1.29 is 18.0 Å². The fourth-order valence-electron chi connectivity index (χ4n) is 2.42. The molecule has 3 N–H and O–H groups in total. The third kappa shape index (κ3) is 5.30. The summed E-state index contributed by atoms with van der Waals surface area (Å²) in [4.78, 5) is 24.0. The monoisotopic (exact) mass is 387 g/mol. The van der Waals surface area contributed by atoms with Gasteiger partial charge in [-0.1, -0.05) is 23.8 Å². The van der Waals surface area contributed by atoms with Crippen LogP contribution in [0.25, 0.3) is 0 Å². The maximum absolute atomic E-state index is 12.5. The largest absolute Gasteiger partial charge is 0.352 e. The number of rotatable bonds is 7. The average molecular weight is 387 g/mol. The zero-order valence-corrected chi connectivity index (χ0v) is 15.7. The molecule has 1 aliphatic rings. The zero-order chi connectivity index (χ0) is 19.4. The standard InChI is InChI=1S/C19H21N3O4S/c1-13-5-9-17(10-6-13)27(25,26)22-16-4-2-3-14(11-16)19(24)20-12-18(23)21-15-7-8-15/h2-6,9-11,15,22H,7-8,12H2,1H3,(H,20,24)(H,21,23). The number of hydrogen-bond donors (Lipinski definition) is 3. The van der Waals surface area contributed by atoms with Crippen LogP contribution in [-0.4, -0.2) is 32.8 Å². The Morgan fingerprint density at radius 1 is 1.07 bits per heavy atom. The second-order valence-electron chi connectivity index (χ2n) is 6.52. The van der Waals surface area contributed by atoms with E-state index in [2.05, 4.69) is 15.4 Å². The summed E-state index contributed by atoms with van der Waals surface area (Å²) in [6, 6.07) is 12.8. The van der Waals surface area contributed by atoms with Crippen molar-refractivity contribution in [3.63, 3.8) is 0 Å². The van der Waals surface area contributed by atoms with Crippen molar-refractivity contribution in [1.29, 1.82) is 0 Å². The van der Waals surface area contributed by atoms with Crippen molar-refractivity contribution in [2.45, 2.75) is 30.7 Å². The van der Waals surface area contributed by atoms with Gasteiger partial charge >= 0.3 is 0 Å². The van der Waals surface area contributed by atoms with Gasteiger partial charge in [0, 0.05) is 17.3 Å². The first-order valence-electron chi connectivity index (χ1n) is 8.60. The van der Waals surface area contributed by atoms with Crippen LogP contribution >= 0.6 is 0 Å². The van der Waals surface area contributed by atoms with Crippen molar-refractivity contribution in [1.82, 2.24) is 10.6 Å². The minimum absolute atomic E-state index is 0.116. The number of amides is 2. The Balaban J connectivity index is 1.64. The Morgan fingerprint density at radius 3 is 2.44 bits per heavy atom. The van der Waals surface area contributed by atoms with Crippen LogP contribution in [0, 0.1) is 6.92 Å². The molecule has 0 atom stereocenters. The topological polar surface area (TPSA) is 104 Å². The van der Waals surface area contributed by atoms with Crippen LogP contribution in [0.1, 0.15) is 28.8 Å². The highest BCUT2D eigenvalue weighted by atomic mass is 32.2. The molecule has 1 saturated carbocycles. The first-order chi connectivity index (χ1) is 12.8. The van der Waals surface area contributed by atoms with E-state index in [1.165, 1.54) is 18.2 Å². The molecule has 1 fully saturated rings. The lowest BCUT2D eigenvalue weighted by Gasteiger charge is -2.10. The second kappa shape index (κ2) is 7.79. The van der Waals surface area contributed by atoms with E-state index in [0.29, 0.717) is 0 Å². The number of aryl methyl sites for hydroxylation is 1. The first-order valence-corrected chi connectivity index (χ1v) is 10.1. The molecule has 7 nitrogen and oxygen atoms in total. The van der Waals surface area contributed by atoms with Crippen LogP contribution in [0.5, 0.6) is 0 Å². The van der Waals surface area contributed by atoms with E-state index in [1.807, 2.05) is 6.92 Å². The molecule has 2 aromatic rings. The van der Waals surface area contributed by atoms with Gasteiger partial charge in [0.1, 0.15) is 0 Å². The number of carbonyl (C=O) groups excluding carboxylic acids is 2. The second-order valence-corrected chi connectivity index (χ2v) is 8.21. The maximum Gasteiger partial charge on any atom is 0.261 e. The Morgan fingerprint density at radius 2 is 1.78 bits per heavy atom. The lowest BCUT2D eigenvalue weighted by atomic mass is 10.2. The molecule has 27 heavy (non-hydrogen) atoms.